The summed E-state index contributed by atoms with van der Waals surface area (Å²) in [7, 11) is -9.44. The number of rotatable bonds is 4. The number of aromatic amines is 1. The van der Waals surface area contributed by atoms with Gasteiger partial charge in [0.15, 0.2) is 5.82 Å². The minimum Gasteiger partial charge on any atom is -0.331 e. The molecule has 0 aliphatic rings. The van der Waals surface area contributed by atoms with E-state index in [2.05, 4.69) is 21.8 Å². The number of benzene rings is 3. The number of nitrogens with one attached hydrogen (secondary N) is 2. The van der Waals surface area contributed by atoms with Gasteiger partial charge in [-0.05, 0) is 53.9 Å². The number of anilines is 1. The van der Waals surface area contributed by atoms with Crippen LogP contribution in [0.3, 0.4) is 0 Å². The lowest BCUT2D eigenvalue weighted by Gasteiger charge is -2.10. The van der Waals surface area contributed by atoms with Gasteiger partial charge in [0.05, 0.1) is 15.9 Å². The van der Waals surface area contributed by atoms with Gasteiger partial charge in [-0.25, -0.2) is 18.5 Å². The predicted octanol–water partition coefficient (Wildman–Crippen LogP) is 3.54. The molecule has 0 atom stereocenters. The summed E-state index contributed by atoms with van der Waals surface area (Å²) in [5.74, 6) is 5.85. The molecule has 0 aliphatic heterocycles. The van der Waals surface area contributed by atoms with Gasteiger partial charge in [0.25, 0.3) is 0 Å². The third-order valence-corrected chi connectivity index (χ3v) is 6.84. The van der Waals surface area contributed by atoms with E-state index in [4.69, 9.17) is 5.14 Å². The number of nitrogens with zero attached hydrogens (tertiary/aromatic N) is 1. The van der Waals surface area contributed by atoms with Gasteiger partial charge in [-0.2, -0.15) is 21.6 Å². The highest BCUT2D eigenvalue weighted by Gasteiger charge is 2.46. The van der Waals surface area contributed by atoms with Crippen LogP contribution >= 0.6 is 0 Å². The first-order valence-corrected chi connectivity index (χ1v) is 12.7. The number of sulfonamides is 2. The summed E-state index contributed by atoms with van der Waals surface area (Å²) in [5.41, 5.74) is -3.08. The molecule has 0 radical (unpaired) electrons. The summed E-state index contributed by atoms with van der Waals surface area (Å²) in [5, 5.41) is 5.32. The van der Waals surface area contributed by atoms with Gasteiger partial charge >= 0.3 is 15.5 Å². The number of aromatic nitrogens is 2. The fourth-order valence-electron chi connectivity index (χ4n) is 3.16. The number of hydrogen-bond acceptors (Lipinski definition) is 5. The molecule has 180 valence electrons. The molecule has 0 aliphatic carbocycles. The molecule has 4 N–H and O–H groups in total. The second kappa shape index (κ2) is 8.73. The highest BCUT2D eigenvalue weighted by atomic mass is 32.2. The Hall–Kier alpha value is -3.86. The van der Waals surface area contributed by atoms with Gasteiger partial charge in [0, 0.05) is 16.8 Å². The Labute approximate surface area is 198 Å². The second-order valence-corrected chi connectivity index (χ2v) is 10.4. The quantitative estimate of drug-likeness (QED) is 0.354. The second-order valence-electron chi connectivity index (χ2n) is 7.24. The summed E-state index contributed by atoms with van der Waals surface area (Å²) < 4.78 is 85.0. The van der Waals surface area contributed by atoms with E-state index in [1.54, 1.807) is 36.4 Å². The van der Waals surface area contributed by atoms with Crippen LogP contribution in [0.15, 0.2) is 71.6 Å². The number of primary sulfonamides is 1. The highest BCUT2D eigenvalue weighted by molar-refractivity contribution is 7.93. The number of H-pyrrole nitrogens is 1. The Morgan fingerprint density at radius 3 is 2.26 bits per heavy atom. The van der Waals surface area contributed by atoms with Crippen LogP contribution in [0, 0.1) is 11.8 Å². The van der Waals surface area contributed by atoms with E-state index in [0.29, 0.717) is 33.5 Å². The first-order valence-electron chi connectivity index (χ1n) is 9.67. The fraction of sp³-hybridized carbons (Fsp3) is 0.0455. The van der Waals surface area contributed by atoms with E-state index < -0.39 is 25.6 Å². The van der Waals surface area contributed by atoms with Crippen molar-refractivity contribution in [3.05, 3.63) is 78.1 Å². The number of halogens is 3. The highest BCUT2D eigenvalue weighted by Crippen LogP contribution is 2.29. The minimum atomic E-state index is -5.51. The van der Waals surface area contributed by atoms with E-state index in [0.717, 1.165) is 12.1 Å². The number of fused-ring (bicyclic) bond motifs is 1. The van der Waals surface area contributed by atoms with Gasteiger partial charge in [0.2, 0.25) is 10.0 Å². The first kappa shape index (κ1) is 24.3. The Bertz CT molecular complexity index is 1700. The average molecular weight is 521 g/mol. The molecule has 13 heteroatoms. The molecule has 0 fully saturated rings. The molecule has 1 heterocycles. The normalized spacial score (nSPS) is 12.2. The molecular formula is C22H15F3N4O4S2. The van der Waals surface area contributed by atoms with Crippen LogP contribution < -0.4 is 9.86 Å². The van der Waals surface area contributed by atoms with Gasteiger partial charge in [0.1, 0.15) is 0 Å². The average Bonchev–Trinajstić information content (AvgIpc) is 3.19. The van der Waals surface area contributed by atoms with Crippen LogP contribution in [-0.2, 0) is 20.0 Å². The lowest BCUT2D eigenvalue weighted by Crippen LogP contribution is -2.29. The van der Waals surface area contributed by atoms with Crippen LogP contribution in [-0.4, -0.2) is 32.3 Å². The number of alkyl halides is 3. The summed E-state index contributed by atoms with van der Waals surface area (Å²) >= 11 is 0. The van der Waals surface area contributed by atoms with Crippen molar-refractivity contribution in [3.63, 3.8) is 0 Å². The molecule has 4 aromatic rings. The molecule has 0 saturated carbocycles. The van der Waals surface area contributed by atoms with Gasteiger partial charge in [-0.1, -0.05) is 30.2 Å². The Kier molecular flexibility index (Phi) is 6.05. The van der Waals surface area contributed by atoms with Crippen molar-refractivity contribution in [1.29, 1.82) is 0 Å². The third-order valence-electron chi connectivity index (χ3n) is 4.75. The van der Waals surface area contributed by atoms with Crippen molar-refractivity contribution in [2.75, 3.05) is 4.72 Å². The van der Waals surface area contributed by atoms with Crippen molar-refractivity contribution >= 4 is 36.8 Å². The van der Waals surface area contributed by atoms with E-state index in [1.165, 1.54) is 22.9 Å². The molecule has 0 amide bonds. The molecule has 35 heavy (non-hydrogen) atoms. The predicted molar refractivity (Wildman–Crippen MR) is 124 cm³/mol. The van der Waals surface area contributed by atoms with Crippen LogP contribution in [0.25, 0.3) is 22.2 Å². The van der Waals surface area contributed by atoms with Crippen LogP contribution in [0.1, 0.15) is 11.4 Å². The maximum Gasteiger partial charge on any atom is 0.516 e. The summed E-state index contributed by atoms with van der Waals surface area (Å²) in [6.45, 7) is 0. The van der Waals surface area contributed by atoms with Crippen molar-refractivity contribution < 1.29 is 30.0 Å². The first-order chi connectivity index (χ1) is 16.3. The van der Waals surface area contributed by atoms with Gasteiger partial charge < -0.3 is 4.98 Å². The number of imidazole rings is 1. The molecule has 0 spiro atoms. The minimum absolute atomic E-state index is 0.0140. The monoisotopic (exact) mass is 520 g/mol. The van der Waals surface area contributed by atoms with Crippen LogP contribution in [0.2, 0.25) is 0 Å². The summed E-state index contributed by atoms with van der Waals surface area (Å²) in [6.07, 6.45) is 0. The fourth-order valence-corrected chi connectivity index (χ4v) is 4.48. The van der Waals surface area contributed by atoms with Crippen molar-refractivity contribution in [2.45, 2.75) is 10.4 Å². The lowest BCUT2D eigenvalue weighted by molar-refractivity contribution is -0.0429. The SMILES string of the molecule is NS(=O)(=O)c1ccccc1-c1ccc2nc(C#Cc3ccc(NS(=O)(=O)C(F)(F)F)cc3)[nH]c2c1. The van der Waals surface area contributed by atoms with E-state index in [9.17, 15) is 30.0 Å². The topological polar surface area (TPSA) is 135 Å². The van der Waals surface area contributed by atoms with Gasteiger partial charge in [-0.15, -0.1) is 0 Å². The van der Waals surface area contributed by atoms with Crippen molar-refractivity contribution in [3.8, 4) is 23.0 Å². The summed E-state index contributed by atoms with van der Waals surface area (Å²) in [6, 6.07) is 16.4. The molecule has 0 bridgehead atoms. The molecule has 1 aromatic heterocycles. The van der Waals surface area contributed by atoms with Crippen molar-refractivity contribution in [1.82, 2.24) is 9.97 Å². The standard InChI is InChI=1S/C22H15F3N4O4S2/c23-22(24,25)35(32,33)29-16-9-5-14(6-10-16)7-12-21-27-18-11-8-15(13-19(18)28-21)17-3-1-2-4-20(17)34(26,30)31/h1-6,8-11,13,29H,(H,27,28)(H2,26,30,31). The van der Waals surface area contributed by atoms with Crippen LogP contribution in [0.5, 0.6) is 0 Å². The Morgan fingerprint density at radius 1 is 0.914 bits per heavy atom. The smallest absolute Gasteiger partial charge is 0.331 e. The Balaban J connectivity index is 1.59. The molecule has 3 aromatic carbocycles. The maximum absolute atomic E-state index is 12.5. The van der Waals surface area contributed by atoms with Crippen LogP contribution in [0.4, 0.5) is 18.9 Å². The molecule has 0 saturated heterocycles. The molecule has 0 unspecified atom stereocenters. The summed E-state index contributed by atoms with van der Waals surface area (Å²) in [4.78, 5) is 7.34. The number of hydrogen-bond donors (Lipinski definition) is 3. The van der Waals surface area contributed by atoms with E-state index in [1.807, 2.05) is 0 Å². The molecule has 8 nitrogen and oxygen atoms in total. The van der Waals surface area contributed by atoms with Gasteiger partial charge in [-0.3, -0.25) is 4.72 Å². The van der Waals surface area contributed by atoms with E-state index >= 15 is 0 Å². The molecule has 4 rings (SSSR count). The zero-order valence-electron chi connectivity index (χ0n) is 17.5. The maximum atomic E-state index is 12.5. The third kappa shape index (κ3) is 5.29. The largest absolute Gasteiger partial charge is 0.516 e. The Morgan fingerprint density at radius 2 is 1.60 bits per heavy atom. The number of nitrogens with two attached hydrogens (primary N) is 1. The zero-order chi connectivity index (χ0) is 25.4. The van der Waals surface area contributed by atoms with E-state index in [-0.39, 0.29) is 10.6 Å². The lowest BCUT2D eigenvalue weighted by atomic mass is 10.1. The van der Waals surface area contributed by atoms with Crippen molar-refractivity contribution in [2.24, 2.45) is 5.14 Å². The zero-order valence-corrected chi connectivity index (χ0v) is 19.1. The molecular weight excluding hydrogens is 505 g/mol.